The molecule has 1 atom stereocenters. The minimum Gasteiger partial charge on any atom is -0.383 e. The Morgan fingerprint density at radius 1 is 1.62 bits per heavy atom. The SMILES string of the molecule is C/C=C\C=C(/C)C(O)c1cccs1. The minimum absolute atomic E-state index is 0.448. The van der Waals surface area contributed by atoms with Crippen molar-refractivity contribution in [3.05, 3.63) is 46.2 Å². The number of aliphatic hydroxyl groups excluding tert-OH is 1. The summed E-state index contributed by atoms with van der Waals surface area (Å²) in [5.41, 5.74) is 0.973. The second kappa shape index (κ2) is 5.00. The topological polar surface area (TPSA) is 20.2 Å². The summed E-state index contributed by atoms with van der Waals surface area (Å²) in [5, 5.41) is 11.8. The van der Waals surface area contributed by atoms with Gasteiger partial charge in [0.15, 0.2) is 0 Å². The van der Waals surface area contributed by atoms with E-state index in [0.29, 0.717) is 0 Å². The van der Waals surface area contributed by atoms with Gasteiger partial charge >= 0.3 is 0 Å². The number of allylic oxidation sites excluding steroid dienone is 3. The standard InChI is InChI=1S/C11H14OS/c1-3-4-6-9(2)11(12)10-7-5-8-13-10/h3-8,11-12H,1-2H3/b4-3-,9-6+. The highest BCUT2D eigenvalue weighted by Crippen LogP contribution is 2.24. The van der Waals surface area contributed by atoms with Crippen LogP contribution in [0.5, 0.6) is 0 Å². The molecule has 0 aromatic carbocycles. The molecule has 0 spiro atoms. The number of aliphatic hydroxyl groups is 1. The molecular weight excluding hydrogens is 180 g/mol. The van der Waals surface area contributed by atoms with Crippen LogP contribution in [0.2, 0.25) is 0 Å². The summed E-state index contributed by atoms with van der Waals surface area (Å²) in [7, 11) is 0. The van der Waals surface area contributed by atoms with Crippen LogP contribution in [0.1, 0.15) is 24.8 Å². The van der Waals surface area contributed by atoms with E-state index < -0.39 is 6.10 Å². The summed E-state index contributed by atoms with van der Waals surface area (Å²) in [4.78, 5) is 0.998. The first-order chi connectivity index (χ1) is 6.25. The number of rotatable bonds is 3. The summed E-state index contributed by atoms with van der Waals surface area (Å²) in [6, 6.07) is 3.90. The van der Waals surface area contributed by atoms with Crippen LogP contribution < -0.4 is 0 Å². The molecule has 0 saturated heterocycles. The molecule has 1 nitrogen and oxygen atoms in total. The van der Waals surface area contributed by atoms with Gasteiger partial charge in [-0.3, -0.25) is 0 Å². The molecule has 1 aromatic rings. The maximum absolute atomic E-state index is 9.81. The van der Waals surface area contributed by atoms with Gasteiger partial charge in [-0.05, 0) is 30.9 Å². The molecular formula is C11H14OS. The predicted molar refractivity (Wildman–Crippen MR) is 57.8 cm³/mol. The fraction of sp³-hybridized carbons (Fsp3) is 0.273. The Bertz CT molecular complexity index is 296. The van der Waals surface area contributed by atoms with Crippen LogP contribution in [0.15, 0.2) is 41.3 Å². The third kappa shape index (κ3) is 2.83. The Morgan fingerprint density at radius 2 is 2.38 bits per heavy atom. The molecule has 1 N–H and O–H groups in total. The lowest BCUT2D eigenvalue weighted by Gasteiger charge is -2.07. The molecule has 0 bridgehead atoms. The van der Waals surface area contributed by atoms with Crippen molar-refractivity contribution < 1.29 is 5.11 Å². The minimum atomic E-state index is -0.448. The molecule has 2 heteroatoms. The predicted octanol–water partition coefficient (Wildman–Crippen LogP) is 3.30. The zero-order valence-electron chi connectivity index (χ0n) is 7.90. The van der Waals surface area contributed by atoms with Gasteiger partial charge in [0, 0.05) is 4.88 Å². The molecule has 0 aliphatic carbocycles. The molecule has 0 amide bonds. The van der Waals surface area contributed by atoms with Gasteiger partial charge < -0.3 is 5.11 Å². The van der Waals surface area contributed by atoms with E-state index in [9.17, 15) is 5.11 Å². The average Bonchev–Trinajstić information content (AvgIpc) is 2.65. The molecule has 0 fully saturated rings. The monoisotopic (exact) mass is 194 g/mol. The lowest BCUT2D eigenvalue weighted by molar-refractivity contribution is 0.219. The van der Waals surface area contributed by atoms with Crippen molar-refractivity contribution in [1.29, 1.82) is 0 Å². The smallest absolute Gasteiger partial charge is 0.109 e. The normalized spacial score (nSPS) is 15.2. The number of hydrogen-bond acceptors (Lipinski definition) is 2. The fourth-order valence-corrected chi connectivity index (χ4v) is 1.80. The lowest BCUT2D eigenvalue weighted by Crippen LogP contribution is -1.95. The summed E-state index contributed by atoms with van der Waals surface area (Å²) in [5.74, 6) is 0. The van der Waals surface area contributed by atoms with Crippen LogP contribution in [0.25, 0.3) is 0 Å². The first kappa shape index (κ1) is 10.2. The van der Waals surface area contributed by atoms with Gasteiger partial charge in [0.1, 0.15) is 6.10 Å². The molecule has 70 valence electrons. The summed E-state index contributed by atoms with van der Waals surface area (Å²) in [6.45, 7) is 3.89. The van der Waals surface area contributed by atoms with E-state index in [-0.39, 0.29) is 0 Å². The second-order valence-corrected chi connectivity index (χ2v) is 3.83. The molecule has 1 unspecified atom stereocenters. The zero-order valence-corrected chi connectivity index (χ0v) is 8.71. The van der Waals surface area contributed by atoms with E-state index >= 15 is 0 Å². The van der Waals surface area contributed by atoms with Crippen LogP contribution in [-0.4, -0.2) is 5.11 Å². The molecule has 0 saturated carbocycles. The van der Waals surface area contributed by atoms with Crippen molar-refractivity contribution in [1.82, 2.24) is 0 Å². The van der Waals surface area contributed by atoms with E-state index in [1.165, 1.54) is 0 Å². The molecule has 0 aliphatic rings. The highest BCUT2D eigenvalue weighted by Gasteiger charge is 2.08. The van der Waals surface area contributed by atoms with Gasteiger partial charge in [-0.1, -0.05) is 24.3 Å². The van der Waals surface area contributed by atoms with Crippen molar-refractivity contribution >= 4 is 11.3 Å². The largest absolute Gasteiger partial charge is 0.383 e. The third-order valence-corrected chi connectivity index (χ3v) is 2.72. The first-order valence-electron chi connectivity index (χ1n) is 4.26. The quantitative estimate of drug-likeness (QED) is 0.732. The van der Waals surface area contributed by atoms with Crippen LogP contribution in [-0.2, 0) is 0 Å². The lowest BCUT2D eigenvalue weighted by atomic mass is 10.1. The summed E-state index contributed by atoms with van der Waals surface area (Å²) < 4.78 is 0. The molecule has 0 radical (unpaired) electrons. The zero-order chi connectivity index (χ0) is 9.68. The molecule has 13 heavy (non-hydrogen) atoms. The van der Waals surface area contributed by atoms with Crippen molar-refractivity contribution in [2.24, 2.45) is 0 Å². The van der Waals surface area contributed by atoms with Crippen LogP contribution in [0.3, 0.4) is 0 Å². The van der Waals surface area contributed by atoms with E-state index in [1.807, 2.05) is 49.6 Å². The average molecular weight is 194 g/mol. The van der Waals surface area contributed by atoms with E-state index in [1.54, 1.807) is 11.3 Å². The van der Waals surface area contributed by atoms with Gasteiger partial charge in [-0.15, -0.1) is 11.3 Å². The van der Waals surface area contributed by atoms with Gasteiger partial charge in [-0.2, -0.15) is 0 Å². The maximum atomic E-state index is 9.81. The Balaban J connectivity index is 2.73. The van der Waals surface area contributed by atoms with Crippen molar-refractivity contribution in [3.63, 3.8) is 0 Å². The highest BCUT2D eigenvalue weighted by atomic mass is 32.1. The molecule has 1 aromatic heterocycles. The molecule has 0 aliphatic heterocycles. The van der Waals surface area contributed by atoms with E-state index in [0.717, 1.165) is 10.5 Å². The Labute approximate surface area is 83.0 Å². The van der Waals surface area contributed by atoms with Crippen molar-refractivity contribution in [2.75, 3.05) is 0 Å². The highest BCUT2D eigenvalue weighted by molar-refractivity contribution is 7.10. The summed E-state index contributed by atoms with van der Waals surface area (Å²) >= 11 is 1.58. The van der Waals surface area contributed by atoms with Crippen LogP contribution in [0.4, 0.5) is 0 Å². The van der Waals surface area contributed by atoms with Gasteiger partial charge in [0.25, 0.3) is 0 Å². The van der Waals surface area contributed by atoms with Crippen molar-refractivity contribution in [2.45, 2.75) is 20.0 Å². The van der Waals surface area contributed by atoms with Gasteiger partial charge in [-0.25, -0.2) is 0 Å². The number of thiophene rings is 1. The van der Waals surface area contributed by atoms with Gasteiger partial charge in [0.05, 0.1) is 0 Å². The van der Waals surface area contributed by atoms with Crippen LogP contribution >= 0.6 is 11.3 Å². The third-order valence-electron chi connectivity index (χ3n) is 1.80. The molecule has 1 rings (SSSR count). The molecule has 1 heterocycles. The first-order valence-corrected chi connectivity index (χ1v) is 5.14. The van der Waals surface area contributed by atoms with E-state index in [2.05, 4.69) is 0 Å². The van der Waals surface area contributed by atoms with Crippen LogP contribution in [0, 0.1) is 0 Å². The van der Waals surface area contributed by atoms with E-state index in [4.69, 9.17) is 0 Å². The Morgan fingerprint density at radius 3 is 2.92 bits per heavy atom. The Kier molecular flexibility index (Phi) is 3.93. The fourth-order valence-electron chi connectivity index (χ4n) is 1.01. The summed E-state index contributed by atoms with van der Waals surface area (Å²) in [6.07, 6.45) is 5.37. The van der Waals surface area contributed by atoms with Gasteiger partial charge in [0.2, 0.25) is 0 Å². The maximum Gasteiger partial charge on any atom is 0.109 e. The second-order valence-electron chi connectivity index (χ2n) is 2.85. The Hall–Kier alpha value is -0.860. The van der Waals surface area contributed by atoms with Crippen molar-refractivity contribution in [3.8, 4) is 0 Å². The number of hydrogen-bond donors (Lipinski definition) is 1.